The Morgan fingerprint density at radius 1 is 1.33 bits per heavy atom. The topological polar surface area (TPSA) is 61.9 Å². The van der Waals surface area contributed by atoms with Crippen molar-refractivity contribution in [3.8, 4) is 5.75 Å². The molecule has 1 N–H and O–H groups in total. The van der Waals surface area contributed by atoms with Crippen LogP contribution in [-0.4, -0.2) is 54.5 Å². The number of thiophene rings is 1. The summed E-state index contributed by atoms with van der Waals surface area (Å²) in [4.78, 5) is 30.1. The molecule has 162 valence electrons. The summed E-state index contributed by atoms with van der Waals surface area (Å²) in [6.07, 6.45) is 1.55. The number of fused-ring (bicyclic) bond motifs is 1. The number of carbonyl (C=O) groups is 2. The molecular weight excluding hydrogens is 405 g/mol. The van der Waals surface area contributed by atoms with Crippen LogP contribution < -0.4 is 10.1 Å². The second kappa shape index (κ2) is 10.4. The second-order valence-electron chi connectivity index (χ2n) is 7.18. The lowest BCUT2D eigenvalue weighted by molar-refractivity contribution is -0.135. The minimum Gasteiger partial charge on any atom is -0.491 e. The molecule has 6 nitrogen and oxygen atoms in total. The van der Waals surface area contributed by atoms with Gasteiger partial charge in [0.1, 0.15) is 24.7 Å². The van der Waals surface area contributed by atoms with Gasteiger partial charge in [-0.1, -0.05) is 13.0 Å². The second-order valence-corrected chi connectivity index (χ2v) is 8.18. The Kier molecular flexibility index (Phi) is 7.68. The van der Waals surface area contributed by atoms with Gasteiger partial charge in [-0.05, 0) is 48.9 Å². The summed E-state index contributed by atoms with van der Waals surface area (Å²) in [5, 5.41) is 4.79. The third kappa shape index (κ3) is 5.30. The minimum absolute atomic E-state index is 0.0234. The average Bonchev–Trinajstić information content (AvgIpc) is 3.21. The van der Waals surface area contributed by atoms with Gasteiger partial charge in [0.15, 0.2) is 0 Å². The Bertz CT molecular complexity index is 873. The van der Waals surface area contributed by atoms with Gasteiger partial charge in [0.25, 0.3) is 0 Å². The fourth-order valence-electron chi connectivity index (χ4n) is 3.65. The summed E-state index contributed by atoms with van der Waals surface area (Å²) in [6.45, 7) is 5.68. The molecule has 1 aliphatic rings. The predicted molar refractivity (Wildman–Crippen MR) is 115 cm³/mol. The van der Waals surface area contributed by atoms with Crippen molar-refractivity contribution in [2.45, 2.75) is 32.7 Å². The van der Waals surface area contributed by atoms with E-state index < -0.39 is 0 Å². The highest BCUT2D eigenvalue weighted by Gasteiger charge is 2.33. The monoisotopic (exact) mass is 433 g/mol. The maximum atomic E-state index is 13.5. The normalized spacial score (nSPS) is 15.4. The lowest BCUT2D eigenvalue weighted by Crippen LogP contribution is -2.50. The van der Waals surface area contributed by atoms with E-state index in [-0.39, 0.29) is 36.9 Å². The van der Waals surface area contributed by atoms with Gasteiger partial charge >= 0.3 is 6.03 Å². The van der Waals surface area contributed by atoms with E-state index in [1.54, 1.807) is 33.3 Å². The van der Waals surface area contributed by atoms with E-state index in [9.17, 15) is 14.0 Å². The van der Waals surface area contributed by atoms with Crippen LogP contribution in [0.5, 0.6) is 5.75 Å². The van der Waals surface area contributed by atoms with Crippen LogP contribution in [0.3, 0.4) is 0 Å². The first-order chi connectivity index (χ1) is 14.5. The number of amides is 3. The molecule has 3 amide bonds. The van der Waals surface area contributed by atoms with Crippen molar-refractivity contribution in [1.29, 1.82) is 0 Å². The van der Waals surface area contributed by atoms with Crippen LogP contribution in [0.15, 0.2) is 35.7 Å². The first-order valence-corrected chi connectivity index (χ1v) is 11.2. The molecule has 1 unspecified atom stereocenters. The number of benzene rings is 1. The van der Waals surface area contributed by atoms with E-state index in [0.717, 1.165) is 18.4 Å². The van der Waals surface area contributed by atoms with Crippen molar-refractivity contribution < 1.29 is 18.7 Å². The molecule has 1 atom stereocenters. The summed E-state index contributed by atoms with van der Waals surface area (Å²) >= 11 is 1.67. The fourth-order valence-corrected chi connectivity index (χ4v) is 4.57. The van der Waals surface area contributed by atoms with Crippen molar-refractivity contribution in [3.05, 3.63) is 52.0 Å². The number of nitrogens with zero attached hydrogens (tertiary/aromatic N) is 2. The number of carbonyl (C=O) groups excluding carboxylic acids is 2. The average molecular weight is 434 g/mol. The highest BCUT2D eigenvalue weighted by atomic mass is 32.1. The lowest BCUT2D eigenvalue weighted by atomic mass is 10.0. The van der Waals surface area contributed by atoms with E-state index in [1.807, 2.05) is 25.3 Å². The minimum atomic E-state index is -0.363. The summed E-state index contributed by atoms with van der Waals surface area (Å²) in [6, 6.07) is 7.52. The summed E-state index contributed by atoms with van der Waals surface area (Å²) in [5.41, 5.74) is 1.07. The third-order valence-corrected chi connectivity index (χ3v) is 6.05. The smallest absolute Gasteiger partial charge is 0.317 e. The SMILES string of the molecule is CCCN(CC(=O)N1CCc2sccc2C1COc1cccc(F)c1)C(=O)NCC. The molecule has 0 saturated heterocycles. The number of hydrogen-bond acceptors (Lipinski definition) is 4. The zero-order valence-corrected chi connectivity index (χ0v) is 18.2. The van der Waals surface area contributed by atoms with Crippen molar-refractivity contribution in [1.82, 2.24) is 15.1 Å². The Labute approximate surface area is 180 Å². The number of rotatable bonds is 8. The van der Waals surface area contributed by atoms with Crippen LogP contribution in [0.1, 0.15) is 36.8 Å². The van der Waals surface area contributed by atoms with Crippen LogP contribution >= 0.6 is 11.3 Å². The third-order valence-electron chi connectivity index (χ3n) is 5.05. The van der Waals surface area contributed by atoms with Crippen molar-refractivity contribution in [3.63, 3.8) is 0 Å². The molecule has 3 rings (SSSR count). The number of hydrogen-bond donors (Lipinski definition) is 1. The molecule has 1 aromatic heterocycles. The van der Waals surface area contributed by atoms with Gasteiger partial charge in [-0.25, -0.2) is 9.18 Å². The zero-order valence-electron chi connectivity index (χ0n) is 17.4. The van der Waals surface area contributed by atoms with Gasteiger partial charge in [0.05, 0.1) is 6.04 Å². The first-order valence-electron chi connectivity index (χ1n) is 10.3. The molecule has 2 heterocycles. The van der Waals surface area contributed by atoms with E-state index in [4.69, 9.17) is 4.74 Å². The molecule has 0 spiro atoms. The first kappa shape index (κ1) is 22.1. The van der Waals surface area contributed by atoms with Crippen LogP contribution in [-0.2, 0) is 11.2 Å². The van der Waals surface area contributed by atoms with E-state index in [0.29, 0.717) is 25.4 Å². The van der Waals surface area contributed by atoms with E-state index >= 15 is 0 Å². The maximum Gasteiger partial charge on any atom is 0.317 e. The Morgan fingerprint density at radius 2 is 2.17 bits per heavy atom. The summed E-state index contributed by atoms with van der Waals surface area (Å²) in [7, 11) is 0. The Balaban J connectivity index is 1.75. The summed E-state index contributed by atoms with van der Waals surface area (Å²) < 4.78 is 19.3. The molecule has 1 aliphatic heterocycles. The maximum absolute atomic E-state index is 13.5. The number of nitrogens with one attached hydrogen (secondary N) is 1. The molecular formula is C22H28FN3O3S. The molecule has 1 aromatic carbocycles. The van der Waals surface area contributed by atoms with E-state index in [2.05, 4.69) is 5.32 Å². The standard InChI is InChI=1S/C22H28FN3O3S/c1-3-10-25(22(28)24-4-2)14-21(27)26-11-8-20-18(9-12-30-20)19(26)15-29-17-7-5-6-16(23)13-17/h5-7,9,12-13,19H,3-4,8,10-11,14-15H2,1-2H3,(H,24,28). The molecule has 2 aromatic rings. The van der Waals surface area contributed by atoms with Gasteiger partial charge in [-0.3, -0.25) is 4.79 Å². The zero-order chi connectivity index (χ0) is 21.5. The van der Waals surface area contributed by atoms with Gasteiger partial charge in [-0.2, -0.15) is 0 Å². The molecule has 8 heteroatoms. The Morgan fingerprint density at radius 3 is 2.90 bits per heavy atom. The molecule has 0 bridgehead atoms. The van der Waals surface area contributed by atoms with Crippen molar-refractivity contribution in [2.24, 2.45) is 0 Å². The van der Waals surface area contributed by atoms with Crippen molar-refractivity contribution in [2.75, 3.05) is 32.8 Å². The number of halogens is 1. The molecule has 0 aliphatic carbocycles. The van der Waals surface area contributed by atoms with Crippen LogP contribution in [0.2, 0.25) is 0 Å². The van der Waals surface area contributed by atoms with Gasteiger partial charge in [0.2, 0.25) is 5.91 Å². The van der Waals surface area contributed by atoms with Gasteiger partial charge in [0, 0.05) is 30.6 Å². The molecule has 30 heavy (non-hydrogen) atoms. The lowest BCUT2D eigenvalue weighted by Gasteiger charge is -2.37. The van der Waals surface area contributed by atoms with Crippen molar-refractivity contribution >= 4 is 23.3 Å². The highest BCUT2D eigenvalue weighted by molar-refractivity contribution is 7.10. The highest BCUT2D eigenvalue weighted by Crippen LogP contribution is 2.34. The molecule has 0 saturated carbocycles. The molecule has 0 fully saturated rings. The largest absolute Gasteiger partial charge is 0.491 e. The van der Waals surface area contributed by atoms with Crippen LogP contribution in [0.4, 0.5) is 9.18 Å². The number of urea groups is 1. The predicted octanol–water partition coefficient (Wildman–Crippen LogP) is 3.83. The number of ether oxygens (including phenoxy) is 1. The quantitative estimate of drug-likeness (QED) is 0.688. The van der Waals surface area contributed by atoms with Gasteiger partial charge in [-0.15, -0.1) is 11.3 Å². The van der Waals surface area contributed by atoms with Crippen LogP contribution in [0, 0.1) is 5.82 Å². The fraction of sp³-hybridized carbons (Fsp3) is 0.455. The molecule has 0 radical (unpaired) electrons. The summed E-state index contributed by atoms with van der Waals surface area (Å²) in [5.74, 6) is -0.0449. The van der Waals surface area contributed by atoms with E-state index in [1.165, 1.54) is 17.0 Å². The van der Waals surface area contributed by atoms with Gasteiger partial charge < -0.3 is 19.9 Å². The van der Waals surface area contributed by atoms with Crippen LogP contribution in [0.25, 0.3) is 0 Å². The Hall–Kier alpha value is -2.61.